The Morgan fingerprint density at radius 2 is 1.91 bits per heavy atom. The molecule has 0 atom stereocenters. The Labute approximate surface area is 124 Å². The number of benzene rings is 1. The molecule has 1 heterocycles. The molecule has 1 aliphatic carbocycles. The van der Waals surface area contributed by atoms with Crippen LogP contribution in [-0.2, 0) is 6.54 Å². The van der Waals surface area contributed by atoms with Crippen LogP contribution in [0.2, 0.25) is 0 Å². The fraction of sp³-hybridized carbons (Fsp3) is 0.333. The lowest BCUT2D eigenvalue weighted by molar-refractivity contribution is 0.145. The van der Waals surface area contributed by atoms with Crippen LogP contribution in [0.15, 0.2) is 24.3 Å². The van der Waals surface area contributed by atoms with Gasteiger partial charge in [0, 0.05) is 30.2 Å². The second-order valence-electron chi connectivity index (χ2n) is 5.20. The zero-order valence-electron chi connectivity index (χ0n) is 11.5. The number of aromatic nitrogens is 2. The molecule has 1 aromatic carbocycles. The Hall–Kier alpha value is -2.18. The van der Waals surface area contributed by atoms with Crippen LogP contribution in [0.1, 0.15) is 42.3 Å². The van der Waals surface area contributed by atoms with E-state index in [1.54, 1.807) is 0 Å². The number of anilines is 1. The SMILES string of the molecule is Fc1ccc(CNc2cc(C(F)F)nc(C3CC3)n2)c(F)c1. The summed E-state index contributed by atoms with van der Waals surface area (Å²) in [5.74, 6) is -0.630. The van der Waals surface area contributed by atoms with Crippen molar-refractivity contribution in [2.24, 2.45) is 0 Å². The molecule has 0 aliphatic heterocycles. The molecule has 0 spiro atoms. The van der Waals surface area contributed by atoms with Gasteiger partial charge in [-0.3, -0.25) is 0 Å². The molecule has 7 heteroatoms. The molecule has 2 aromatic rings. The van der Waals surface area contributed by atoms with Crippen molar-refractivity contribution in [3.8, 4) is 0 Å². The Balaban J connectivity index is 1.79. The zero-order valence-corrected chi connectivity index (χ0v) is 11.5. The molecule has 1 aliphatic rings. The van der Waals surface area contributed by atoms with E-state index < -0.39 is 18.1 Å². The minimum absolute atomic E-state index is 0.0237. The Bertz CT molecular complexity index is 666. The summed E-state index contributed by atoms with van der Waals surface area (Å²) in [5.41, 5.74) is -0.120. The van der Waals surface area contributed by atoms with E-state index in [2.05, 4.69) is 15.3 Å². The number of hydrogen-bond donors (Lipinski definition) is 1. The second-order valence-corrected chi connectivity index (χ2v) is 5.20. The van der Waals surface area contributed by atoms with Crippen molar-refractivity contribution in [2.45, 2.75) is 31.7 Å². The van der Waals surface area contributed by atoms with Gasteiger partial charge < -0.3 is 5.32 Å². The van der Waals surface area contributed by atoms with Gasteiger partial charge in [0.1, 0.15) is 29.0 Å². The van der Waals surface area contributed by atoms with Gasteiger partial charge in [0.2, 0.25) is 0 Å². The highest BCUT2D eigenvalue weighted by atomic mass is 19.3. The summed E-state index contributed by atoms with van der Waals surface area (Å²) < 4.78 is 52.1. The molecule has 1 fully saturated rings. The molecule has 0 bridgehead atoms. The monoisotopic (exact) mass is 311 g/mol. The standard InChI is InChI=1S/C15H13F4N3/c16-10-4-3-9(11(17)5-10)7-20-13-6-12(14(18)19)21-15(22-13)8-1-2-8/h3-6,8,14H,1-2,7H2,(H,20,21,22). The van der Waals surface area contributed by atoms with Gasteiger partial charge in [0.05, 0.1) is 0 Å². The van der Waals surface area contributed by atoms with Gasteiger partial charge in [0.25, 0.3) is 6.43 Å². The normalized spacial score (nSPS) is 14.4. The molecule has 116 valence electrons. The van der Waals surface area contributed by atoms with Gasteiger partial charge in [0.15, 0.2) is 0 Å². The number of alkyl halides is 2. The highest BCUT2D eigenvalue weighted by Crippen LogP contribution is 2.39. The van der Waals surface area contributed by atoms with Crippen LogP contribution in [0.25, 0.3) is 0 Å². The largest absolute Gasteiger partial charge is 0.366 e. The third-order valence-corrected chi connectivity index (χ3v) is 3.40. The van der Waals surface area contributed by atoms with Crippen molar-refractivity contribution in [1.82, 2.24) is 9.97 Å². The molecule has 1 saturated carbocycles. The van der Waals surface area contributed by atoms with Crippen molar-refractivity contribution in [3.63, 3.8) is 0 Å². The van der Waals surface area contributed by atoms with Gasteiger partial charge in [-0.1, -0.05) is 6.07 Å². The number of nitrogens with zero attached hydrogens (tertiary/aromatic N) is 2. The topological polar surface area (TPSA) is 37.8 Å². The summed E-state index contributed by atoms with van der Waals surface area (Å²) >= 11 is 0. The van der Waals surface area contributed by atoms with Crippen LogP contribution >= 0.6 is 0 Å². The first-order valence-electron chi connectivity index (χ1n) is 6.88. The number of halogens is 4. The van der Waals surface area contributed by atoms with Crippen LogP contribution in [0, 0.1) is 11.6 Å². The molecule has 1 aromatic heterocycles. The average Bonchev–Trinajstić information content (AvgIpc) is 3.30. The summed E-state index contributed by atoms with van der Waals surface area (Å²) in [5, 5.41) is 2.79. The van der Waals surface area contributed by atoms with Gasteiger partial charge in [-0.05, 0) is 18.9 Å². The van der Waals surface area contributed by atoms with Gasteiger partial charge in [-0.15, -0.1) is 0 Å². The van der Waals surface area contributed by atoms with Gasteiger partial charge in [-0.2, -0.15) is 0 Å². The molecular weight excluding hydrogens is 298 g/mol. The third-order valence-electron chi connectivity index (χ3n) is 3.40. The molecule has 3 nitrogen and oxygen atoms in total. The van der Waals surface area contributed by atoms with E-state index in [-0.39, 0.29) is 29.5 Å². The van der Waals surface area contributed by atoms with Crippen molar-refractivity contribution >= 4 is 5.82 Å². The molecule has 0 radical (unpaired) electrons. The molecule has 3 rings (SSSR count). The number of nitrogens with one attached hydrogen (secondary N) is 1. The maximum Gasteiger partial charge on any atom is 0.280 e. The first kappa shape index (κ1) is 14.7. The summed E-state index contributed by atoms with van der Waals surface area (Å²) in [6.07, 6.45) is -0.916. The summed E-state index contributed by atoms with van der Waals surface area (Å²) in [7, 11) is 0. The Morgan fingerprint density at radius 3 is 2.55 bits per heavy atom. The number of hydrogen-bond acceptors (Lipinski definition) is 3. The minimum atomic E-state index is -2.69. The molecule has 0 unspecified atom stereocenters. The fourth-order valence-corrected chi connectivity index (χ4v) is 2.06. The van der Waals surface area contributed by atoms with Crippen LogP contribution in [0.3, 0.4) is 0 Å². The predicted octanol–water partition coefficient (Wildman–Crippen LogP) is 4.18. The average molecular weight is 311 g/mol. The first-order valence-corrected chi connectivity index (χ1v) is 6.88. The quantitative estimate of drug-likeness (QED) is 0.842. The maximum absolute atomic E-state index is 13.5. The Kier molecular flexibility index (Phi) is 3.96. The lowest BCUT2D eigenvalue weighted by Crippen LogP contribution is -2.07. The highest BCUT2D eigenvalue weighted by molar-refractivity contribution is 5.38. The van der Waals surface area contributed by atoms with Crippen molar-refractivity contribution < 1.29 is 17.6 Å². The molecular formula is C15H13F4N3. The van der Waals surface area contributed by atoms with E-state index in [1.807, 2.05) is 0 Å². The van der Waals surface area contributed by atoms with E-state index in [4.69, 9.17) is 0 Å². The highest BCUT2D eigenvalue weighted by Gasteiger charge is 2.28. The second kappa shape index (κ2) is 5.90. The maximum atomic E-state index is 13.5. The van der Waals surface area contributed by atoms with Crippen LogP contribution in [0.5, 0.6) is 0 Å². The van der Waals surface area contributed by atoms with Gasteiger partial charge in [-0.25, -0.2) is 27.5 Å². The van der Waals surface area contributed by atoms with Crippen LogP contribution in [0.4, 0.5) is 23.4 Å². The zero-order chi connectivity index (χ0) is 15.7. The fourth-order valence-electron chi connectivity index (χ4n) is 2.06. The van der Waals surface area contributed by atoms with E-state index in [0.717, 1.165) is 31.0 Å². The van der Waals surface area contributed by atoms with E-state index in [1.165, 1.54) is 6.07 Å². The predicted molar refractivity (Wildman–Crippen MR) is 72.6 cm³/mol. The Morgan fingerprint density at radius 1 is 1.14 bits per heavy atom. The minimum Gasteiger partial charge on any atom is -0.366 e. The van der Waals surface area contributed by atoms with E-state index in [9.17, 15) is 17.6 Å². The van der Waals surface area contributed by atoms with Crippen molar-refractivity contribution in [2.75, 3.05) is 5.32 Å². The van der Waals surface area contributed by atoms with Crippen molar-refractivity contribution in [3.05, 3.63) is 53.0 Å². The lowest BCUT2D eigenvalue weighted by Gasteiger charge is -2.10. The van der Waals surface area contributed by atoms with Gasteiger partial charge >= 0.3 is 0 Å². The molecule has 0 amide bonds. The van der Waals surface area contributed by atoms with E-state index >= 15 is 0 Å². The summed E-state index contributed by atoms with van der Waals surface area (Å²) in [6, 6.07) is 4.37. The molecule has 0 saturated heterocycles. The third kappa shape index (κ3) is 3.35. The summed E-state index contributed by atoms with van der Waals surface area (Å²) in [6.45, 7) is 0.0237. The smallest absolute Gasteiger partial charge is 0.280 e. The number of rotatable bonds is 5. The van der Waals surface area contributed by atoms with Crippen LogP contribution < -0.4 is 5.32 Å². The first-order chi connectivity index (χ1) is 10.5. The van der Waals surface area contributed by atoms with E-state index in [0.29, 0.717) is 5.82 Å². The van der Waals surface area contributed by atoms with Crippen molar-refractivity contribution in [1.29, 1.82) is 0 Å². The molecule has 1 N–H and O–H groups in total. The summed E-state index contributed by atoms with van der Waals surface area (Å²) in [4.78, 5) is 8.04. The van der Waals surface area contributed by atoms with Crippen LogP contribution in [-0.4, -0.2) is 9.97 Å². The molecule has 22 heavy (non-hydrogen) atoms. The lowest BCUT2D eigenvalue weighted by atomic mass is 10.2.